The standard InChI is InChI=1S/C18H24N4O3S/c1-4-5-12-22(3)16-8-11-18(19-13-16)21-26(24,25)17-9-6-15(7-10-17)20-14(2)23/h6-11,13H,4-5,12H2,1-3H3,(H,19,21)(H,20,23). The van der Waals surface area contributed by atoms with Crippen LogP contribution in [0.3, 0.4) is 0 Å². The lowest BCUT2D eigenvalue weighted by Crippen LogP contribution is -2.19. The smallest absolute Gasteiger partial charge is 0.263 e. The second kappa shape index (κ2) is 8.66. The summed E-state index contributed by atoms with van der Waals surface area (Å²) in [7, 11) is -1.77. The lowest BCUT2D eigenvalue weighted by atomic mass is 10.3. The van der Waals surface area contributed by atoms with Crippen LogP contribution in [0.15, 0.2) is 47.5 Å². The molecule has 8 heteroatoms. The molecule has 0 bridgehead atoms. The summed E-state index contributed by atoms with van der Waals surface area (Å²) >= 11 is 0. The van der Waals surface area contributed by atoms with Crippen LogP contribution in [0.25, 0.3) is 0 Å². The molecule has 1 amide bonds. The summed E-state index contributed by atoms with van der Waals surface area (Å²) in [5, 5.41) is 2.59. The first-order valence-corrected chi connectivity index (χ1v) is 9.88. The van der Waals surface area contributed by atoms with Crippen molar-refractivity contribution in [3.05, 3.63) is 42.6 Å². The van der Waals surface area contributed by atoms with Gasteiger partial charge in [0, 0.05) is 26.2 Å². The number of unbranched alkanes of at least 4 members (excludes halogenated alkanes) is 1. The molecule has 140 valence electrons. The molecule has 2 aromatic rings. The largest absolute Gasteiger partial charge is 0.373 e. The Labute approximate surface area is 154 Å². The lowest BCUT2D eigenvalue weighted by Gasteiger charge is -2.18. The number of amides is 1. The van der Waals surface area contributed by atoms with E-state index in [2.05, 4.69) is 26.8 Å². The minimum atomic E-state index is -3.74. The number of nitrogens with zero attached hydrogens (tertiary/aromatic N) is 2. The number of nitrogens with one attached hydrogen (secondary N) is 2. The van der Waals surface area contributed by atoms with Gasteiger partial charge in [-0.3, -0.25) is 9.52 Å². The Bertz CT molecular complexity index is 834. The molecule has 0 spiro atoms. The molecule has 26 heavy (non-hydrogen) atoms. The molecule has 0 aliphatic carbocycles. The molecule has 0 radical (unpaired) electrons. The molecule has 0 saturated carbocycles. The van der Waals surface area contributed by atoms with Crippen LogP contribution in [0.2, 0.25) is 0 Å². The van der Waals surface area contributed by atoms with Crippen molar-refractivity contribution in [3.63, 3.8) is 0 Å². The zero-order chi connectivity index (χ0) is 19.2. The summed E-state index contributed by atoms with van der Waals surface area (Å²) in [5.41, 5.74) is 1.47. The van der Waals surface area contributed by atoms with Gasteiger partial charge in [0.25, 0.3) is 10.0 Å². The summed E-state index contributed by atoms with van der Waals surface area (Å²) in [4.78, 5) is 17.4. The molecular formula is C18H24N4O3S. The second-order valence-electron chi connectivity index (χ2n) is 5.99. The molecule has 0 aliphatic rings. The summed E-state index contributed by atoms with van der Waals surface area (Å²) in [5.74, 6) is 0.0375. The number of anilines is 3. The zero-order valence-electron chi connectivity index (χ0n) is 15.2. The van der Waals surface area contributed by atoms with E-state index in [4.69, 9.17) is 0 Å². The minimum absolute atomic E-state index is 0.0949. The Morgan fingerprint density at radius 3 is 2.38 bits per heavy atom. The number of aromatic nitrogens is 1. The maximum atomic E-state index is 12.4. The third-order valence-corrected chi connectivity index (χ3v) is 5.13. The van der Waals surface area contributed by atoms with Crippen LogP contribution in [0.4, 0.5) is 17.2 Å². The number of carbonyl (C=O) groups excluding carboxylic acids is 1. The first-order chi connectivity index (χ1) is 12.3. The van der Waals surface area contributed by atoms with Gasteiger partial charge in [0.2, 0.25) is 5.91 Å². The second-order valence-corrected chi connectivity index (χ2v) is 7.67. The number of hydrogen-bond acceptors (Lipinski definition) is 5. The van der Waals surface area contributed by atoms with E-state index in [-0.39, 0.29) is 16.6 Å². The van der Waals surface area contributed by atoms with Gasteiger partial charge >= 0.3 is 0 Å². The highest BCUT2D eigenvalue weighted by Crippen LogP contribution is 2.19. The third kappa shape index (κ3) is 5.45. The molecule has 1 heterocycles. The molecule has 0 atom stereocenters. The van der Waals surface area contributed by atoms with Crippen molar-refractivity contribution in [2.24, 2.45) is 0 Å². The van der Waals surface area contributed by atoms with E-state index >= 15 is 0 Å². The van der Waals surface area contributed by atoms with Gasteiger partial charge < -0.3 is 10.2 Å². The van der Waals surface area contributed by atoms with Gasteiger partial charge in [-0.25, -0.2) is 13.4 Å². The summed E-state index contributed by atoms with van der Waals surface area (Å²) in [6, 6.07) is 9.41. The number of rotatable bonds is 8. The molecule has 2 rings (SSSR count). The van der Waals surface area contributed by atoms with Crippen LogP contribution in [0, 0.1) is 0 Å². The molecule has 0 unspecified atom stereocenters. The van der Waals surface area contributed by atoms with E-state index in [1.807, 2.05) is 13.1 Å². The molecule has 0 saturated heterocycles. The summed E-state index contributed by atoms with van der Waals surface area (Å²) in [6.45, 7) is 4.44. The number of hydrogen-bond donors (Lipinski definition) is 2. The number of benzene rings is 1. The van der Waals surface area contributed by atoms with E-state index in [1.165, 1.54) is 31.2 Å². The highest BCUT2D eigenvalue weighted by Gasteiger charge is 2.15. The lowest BCUT2D eigenvalue weighted by molar-refractivity contribution is -0.114. The van der Waals surface area contributed by atoms with Crippen molar-refractivity contribution in [3.8, 4) is 0 Å². The van der Waals surface area contributed by atoms with Gasteiger partial charge in [-0.1, -0.05) is 13.3 Å². The Kier molecular flexibility index (Phi) is 6.57. The van der Waals surface area contributed by atoms with Gasteiger partial charge in [0.05, 0.1) is 16.8 Å². The predicted octanol–water partition coefficient (Wildman–Crippen LogP) is 3.08. The number of sulfonamides is 1. The molecule has 0 fully saturated rings. The summed E-state index contributed by atoms with van der Waals surface area (Å²) in [6.07, 6.45) is 3.84. The third-order valence-electron chi connectivity index (χ3n) is 3.76. The van der Waals surface area contributed by atoms with Gasteiger partial charge in [-0.05, 0) is 42.8 Å². The van der Waals surface area contributed by atoms with Crippen LogP contribution in [0.5, 0.6) is 0 Å². The Morgan fingerprint density at radius 1 is 1.15 bits per heavy atom. The minimum Gasteiger partial charge on any atom is -0.373 e. The number of pyridine rings is 1. The Hall–Kier alpha value is -2.61. The Balaban J connectivity index is 2.07. The SMILES string of the molecule is CCCCN(C)c1ccc(NS(=O)(=O)c2ccc(NC(C)=O)cc2)nc1. The molecular weight excluding hydrogens is 352 g/mol. The average molecular weight is 376 g/mol. The molecule has 1 aromatic carbocycles. The normalized spacial score (nSPS) is 11.0. The van der Waals surface area contributed by atoms with Crippen LogP contribution in [0.1, 0.15) is 26.7 Å². The first kappa shape index (κ1) is 19.7. The van der Waals surface area contributed by atoms with Crippen molar-refractivity contribution >= 4 is 33.1 Å². The van der Waals surface area contributed by atoms with Crippen molar-refractivity contribution in [1.29, 1.82) is 0 Å². The van der Waals surface area contributed by atoms with E-state index < -0.39 is 10.0 Å². The molecule has 0 aliphatic heterocycles. The van der Waals surface area contributed by atoms with Crippen molar-refractivity contribution in [2.75, 3.05) is 28.5 Å². The van der Waals surface area contributed by atoms with E-state index in [9.17, 15) is 13.2 Å². The van der Waals surface area contributed by atoms with Gasteiger partial charge in [-0.2, -0.15) is 0 Å². The highest BCUT2D eigenvalue weighted by atomic mass is 32.2. The van der Waals surface area contributed by atoms with E-state index in [1.54, 1.807) is 12.3 Å². The van der Waals surface area contributed by atoms with Crippen LogP contribution < -0.4 is 14.9 Å². The molecule has 2 N–H and O–H groups in total. The maximum Gasteiger partial charge on any atom is 0.263 e. The van der Waals surface area contributed by atoms with Crippen molar-refractivity contribution in [1.82, 2.24) is 4.98 Å². The maximum absolute atomic E-state index is 12.4. The molecule has 1 aromatic heterocycles. The fraction of sp³-hybridized carbons (Fsp3) is 0.333. The fourth-order valence-corrected chi connectivity index (χ4v) is 3.32. The average Bonchev–Trinajstić information content (AvgIpc) is 2.60. The van der Waals surface area contributed by atoms with Crippen molar-refractivity contribution < 1.29 is 13.2 Å². The predicted molar refractivity (Wildman–Crippen MR) is 104 cm³/mol. The van der Waals surface area contributed by atoms with E-state index in [0.29, 0.717) is 5.69 Å². The first-order valence-electron chi connectivity index (χ1n) is 8.39. The van der Waals surface area contributed by atoms with Gasteiger partial charge in [-0.15, -0.1) is 0 Å². The highest BCUT2D eigenvalue weighted by molar-refractivity contribution is 7.92. The van der Waals surface area contributed by atoms with Gasteiger partial charge in [0.15, 0.2) is 0 Å². The quantitative estimate of drug-likeness (QED) is 0.739. The fourth-order valence-electron chi connectivity index (χ4n) is 2.31. The summed E-state index contributed by atoms with van der Waals surface area (Å²) < 4.78 is 27.4. The van der Waals surface area contributed by atoms with E-state index in [0.717, 1.165) is 25.1 Å². The van der Waals surface area contributed by atoms with Crippen LogP contribution >= 0.6 is 0 Å². The monoisotopic (exact) mass is 376 g/mol. The van der Waals surface area contributed by atoms with Gasteiger partial charge in [0.1, 0.15) is 5.82 Å². The van der Waals surface area contributed by atoms with Crippen LogP contribution in [-0.4, -0.2) is 32.9 Å². The topological polar surface area (TPSA) is 91.4 Å². The van der Waals surface area contributed by atoms with Crippen molar-refractivity contribution in [2.45, 2.75) is 31.6 Å². The Morgan fingerprint density at radius 2 is 1.85 bits per heavy atom. The number of carbonyl (C=O) groups is 1. The molecule has 7 nitrogen and oxygen atoms in total. The zero-order valence-corrected chi connectivity index (χ0v) is 16.0. The van der Waals surface area contributed by atoms with Crippen LogP contribution in [-0.2, 0) is 14.8 Å².